The number of benzene rings is 3. The van der Waals surface area contributed by atoms with Gasteiger partial charge in [0.2, 0.25) is 6.79 Å². The number of hydrogen-bond donors (Lipinski definition) is 1. The smallest absolute Gasteiger partial charge is 0.254 e. The van der Waals surface area contributed by atoms with E-state index in [1.807, 2.05) is 47.4 Å². The lowest BCUT2D eigenvalue weighted by Crippen LogP contribution is -2.38. The van der Waals surface area contributed by atoms with Crippen LogP contribution in [0.15, 0.2) is 60.7 Å². The Morgan fingerprint density at radius 3 is 2.52 bits per heavy atom. The Bertz CT molecular complexity index is 1630. The number of ether oxygens (including phenoxy) is 3. The zero-order valence-electron chi connectivity index (χ0n) is 23.8. The van der Waals surface area contributed by atoms with Gasteiger partial charge in [-0.15, -0.1) is 0 Å². The van der Waals surface area contributed by atoms with Gasteiger partial charge in [0.05, 0.1) is 18.7 Å². The van der Waals surface area contributed by atoms with Gasteiger partial charge >= 0.3 is 0 Å². The fraction of sp³-hybridized carbons (Fsp3) is 0.353. The lowest BCUT2D eigenvalue weighted by molar-refractivity contribution is 0.0730. The number of rotatable bonds is 7. The number of nitrogens with zero attached hydrogens (tertiary/aromatic N) is 3. The van der Waals surface area contributed by atoms with Crippen LogP contribution in [0.25, 0.3) is 10.9 Å². The molecule has 8 heteroatoms. The number of piperidine rings is 1. The fourth-order valence-corrected chi connectivity index (χ4v) is 6.33. The van der Waals surface area contributed by atoms with E-state index in [4.69, 9.17) is 19.2 Å². The number of carbonyl (C=O) groups excluding carboxylic acids is 1. The molecule has 1 aromatic heterocycles. The van der Waals surface area contributed by atoms with Crippen LogP contribution in [0.5, 0.6) is 17.2 Å². The molecule has 7 rings (SSSR count). The van der Waals surface area contributed by atoms with Gasteiger partial charge in [0, 0.05) is 42.7 Å². The SMILES string of the molecule is COc1ccc(C(=O)N(Cc2ccc3c(c2)OCO3)Cc2cc3cc4c(cc3nc2N2CCC(O)CC2)CCC4)cc1. The van der Waals surface area contributed by atoms with Crippen LogP contribution in [-0.2, 0) is 25.9 Å². The van der Waals surface area contributed by atoms with Crippen LogP contribution >= 0.6 is 0 Å². The number of fused-ring (bicyclic) bond motifs is 3. The van der Waals surface area contributed by atoms with Crippen molar-refractivity contribution < 1.29 is 24.1 Å². The second-order valence-electron chi connectivity index (χ2n) is 11.4. The molecule has 1 amide bonds. The molecule has 3 aliphatic rings. The molecule has 4 aromatic rings. The van der Waals surface area contributed by atoms with E-state index in [1.54, 1.807) is 7.11 Å². The Hall–Kier alpha value is -4.30. The third-order valence-electron chi connectivity index (χ3n) is 8.64. The van der Waals surface area contributed by atoms with Crippen molar-refractivity contribution in [3.05, 3.63) is 88.5 Å². The number of carbonyl (C=O) groups is 1. The van der Waals surface area contributed by atoms with Crippen LogP contribution in [0.1, 0.15) is 51.9 Å². The number of hydrogen-bond acceptors (Lipinski definition) is 7. The van der Waals surface area contributed by atoms with Crippen LogP contribution in [0.3, 0.4) is 0 Å². The van der Waals surface area contributed by atoms with E-state index in [2.05, 4.69) is 23.1 Å². The maximum atomic E-state index is 14.1. The molecule has 0 bridgehead atoms. The van der Waals surface area contributed by atoms with Crippen LogP contribution in [0.2, 0.25) is 0 Å². The number of aliphatic hydroxyl groups is 1. The largest absolute Gasteiger partial charge is 0.497 e. The summed E-state index contributed by atoms with van der Waals surface area (Å²) in [7, 11) is 1.62. The molecular formula is C34H35N3O5. The third-order valence-corrected chi connectivity index (χ3v) is 8.64. The van der Waals surface area contributed by atoms with Gasteiger partial charge in [-0.1, -0.05) is 6.07 Å². The topological polar surface area (TPSA) is 84.4 Å². The molecule has 1 fully saturated rings. The zero-order chi connectivity index (χ0) is 28.6. The average Bonchev–Trinajstić information content (AvgIpc) is 3.68. The molecule has 0 radical (unpaired) electrons. The first-order chi connectivity index (χ1) is 20.5. The highest BCUT2D eigenvalue weighted by Gasteiger charge is 2.26. The van der Waals surface area contributed by atoms with Crippen molar-refractivity contribution in [2.45, 2.75) is 51.3 Å². The van der Waals surface area contributed by atoms with Gasteiger partial charge in [0.15, 0.2) is 11.5 Å². The maximum Gasteiger partial charge on any atom is 0.254 e. The molecule has 0 saturated carbocycles. The molecule has 216 valence electrons. The van der Waals surface area contributed by atoms with Gasteiger partial charge in [0.25, 0.3) is 5.91 Å². The predicted molar refractivity (Wildman–Crippen MR) is 160 cm³/mol. The highest BCUT2D eigenvalue weighted by Crippen LogP contribution is 2.35. The standard InChI is InChI=1S/C34H35N3O5/c1-40-29-8-6-23(7-9-29)34(39)37(19-22-5-10-31-32(15-22)42-21-41-31)20-27-17-26-16-24-3-2-4-25(24)18-30(26)35-33(27)36-13-11-28(38)12-14-36/h5-10,15-18,28,38H,2-4,11-14,19-21H2,1H3. The molecular weight excluding hydrogens is 530 g/mol. The monoisotopic (exact) mass is 565 g/mol. The van der Waals surface area contributed by atoms with Crippen LogP contribution in [0.4, 0.5) is 5.82 Å². The number of amides is 1. The van der Waals surface area contributed by atoms with Crippen molar-refractivity contribution in [2.24, 2.45) is 0 Å². The number of anilines is 1. The minimum atomic E-state index is -0.285. The fourth-order valence-electron chi connectivity index (χ4n) is 6.33. The maximum absolute atomic E-state index is 14.1. The van der Waals surface area contributed by atoms with Gasteiger partial charge in [-0.2, -0.15) is 0 Å². The van der Waals surface area contributed by atoms with Crippen molar-refractivity contribution in [3.8, 4) is 17.2 Å². The molecule has 0 spiro atoms. The summed E-state index contributed by atoms with van der Waals surface area (Å²) in [6, 6.07) is 19.8. The van der Waals surface area contributed by atoms with E-state index in [0.29, 0.717) is 48.7 Å². The van der Waals surface area contributed by atoms with Crippen molar-refractivity contribution in [1.29, 1.82) is 0 Å². The lowest BCUT2D eigenvalue weighted by Gasteiger charge is -2.33. The van der Waals surface area contributed by atoms with Crippen LogP contribution in [-0.4, -0.2) is 54.0 Å². The van der Waals surface area contributed by atoms with E-state index < -0.39 is 0 Å². The number of pyridine rings is 1. The van der Waals surface area contributed by atoms with E-state index in [1.165, 1.54) is 17.5 Å². The summed E-state index contributed by atoms with van der Waals surface area (Å²) in [5, 5.41) is 11.3. The van der Waals surface area contributed by atoms with Crippen LogP contribution < -0.4 is 19.1 Å². The summed E-state index contributed by atoms with van der Waals surface area (Å²) in [6.45, 7) is 2.43. The van der Waals surface area contributed by atoms with Crippen molar-refractivity contribution in [1.82, 2.24) is 9.88 Å². The number of aromatic nitrogens is 1. The molecule has 1 aliphatic carbocycles. The summed E-state index contributed by atoms with van der Waals surface area (Å²) in [5.74, 6) is 2.93. The summed E-state index contributed by atoms with van der Waals surface area (Å²) in [5.41, 5.74) is 6.32. The van der Waals surface area contributed by atoms with Gasteiger partial charge < -0.3 is 29.1 Å². The highest BCUT2D eigenvalue weighted by atomic mass is 16.7. The van der Waals surface area contributed by atoms with Gasteiger partial charge in [-0.25, -0.2) is 4.98 Å². The number of aliphatic hydroxyl groups excluding tert-OH is 1. The minimum Gasteiger partial charge on any atom is -0.497 e. The summed E-state index contributed by atoms with van der Waals surface area (Å²) < 4.78 is 16.5. The molecule has 1 N–H and O–H groups in total. The molecule has 3 heterocycles. The Kier molecular flexibility index (Phi) is 7.07. The molecule has 0 atom stereocenters. The van der Waals surface area contributed by atoms with Gasteiger partial charge in [-0.3, -0.25) is 4.79 Å². The van der Waals surface area contributed by atoms with Crippen LogP contribution in [0, 0.1) is 0 Å². The van der Waals surface area contributed by atoms with Gasteiger partial charge in [-0.05, 0) is 103 Å². The first-order valence-corrected chi connectivity index (χ1v) is 14.7. The Balaban J connectivity index is 1.28. The Labute approximate surface area is 245 Å². The average molecular weight is 566 g/mol. The molecule has 0 unspecified atom stereocenters. The summed E-state index contributed by atoms with van der Waals surface area (Å²) >= 11 is 0. The lowest BCUT2D eigenvalue weighted by atomic mass is 10.0. The third kappa shape index (κ3) is 5.23. The Morgan fingerprint density at radius 2 is 1.74 bits per heavy atom. The molecule has 42 heavy (non-hydrogen) atoms. The second kappa shape index (κ2) is 11.2. The van der Waals surface area contributed by atoms with E-state index in [9.17, 15) is 9.90 Å². The normalized spacial score (nSPS) is 16.1. The summed E-state index contributed by atoms with van der Waals surface area (Å²) in [4.78, 5) is 23.5. The second-order valence-corrected chi connectivity index (χ2v) is 11.4. The first kappa shape index (κ1) is 26.6. The number of aryl methyl sites for hydroxylation is 2. The minimum absolute atomic E-state index is 0.0793. The summed E-state index contributed by atoms with van der Waals surface area (Å²) in [6.07, 6.45) is 4.49. The van der Waals surface area contributed by atoms with Gasteiger partial charge in [0.1, 0.15) is 11.6 Å². The van der Waals surface area contributed by atoms with E-state index >= 15 is 0 Å². The first-order valence-electron chi connectivity index (χ1n) is 14.7. The van der Waals surface area contributed by atoms with Crippen molar-refractivity contribution in [3.63, 3.8) is 0 Å². The van der Waals surface area contributed by atoms with Crippen molar-refractivity contribution >= 4 is 22.6 Å². The van der Waals surface area contributed by atoms with E-state index in [-0.39, 0.29) is 18.8 Å². The Morgan fingerprint density at radius 1 is 0.976 bits per heavy atom. The molecule has 8 nitrogen and oxygen atoms in total. The van der Waals surface area contributed by atoms with E-state index in [0.717, 1.165) is 53.8 Å². The quantitative estimate of drug-likeness (QED) is 0.327. The zero-order valence-corrected chi connectivity index (χ0v) is 23.8. The number of methoxy groups -OCH3 is 1. The molecule has 3 aromatic carbocycles. The predicted octanol–water partition coefficient (Wildman–Crippen LogP) is 5.26. The highest BCUT2D eigenvalue weighted by molar-refractivity contribution is 5.94. The van der Waals surface area contributed by atoms with Crippen molar-refractivity contribution in [2.75, 3.05) is 31.9 Å². The molecule has 1 saturated heterocycles. The molecule has 2 aliphatic heterocycles.